The number of thiazole rings is 1. The molecule has 5 nitrogen and oxygen atoms in total. The first-order chi connectivity index (χ1) is 9.33. The number of aromatic nitrogens is 1. The molecule has 1 fully saturated rings. The van der Waals surface area contributed by atoms with Gasteiger partial charge < -0.3 is 15.0 Å². The number of likely N-dealkylation sites (tertiary alicyclic amines) is 1. The number of rotatable bonds is 2. The van der Waals surface area contributed by atoms with Gasteiger partial charge in [0.1, 0.15) is 5.60 Å². The summed E-state index contributed by atoms with van der Waals surface area (Å²) in [5.41, 5.74) is -0.426. The maximum atomic E-state index is 12.0. The van der Waals surface area contributed by atoms with Crippen LogP contribution in [-0.4, -0.2) is 40.7 Å². The highest BCUT2D eigenvalue weighted by atomic mass is 32.1. The number of hydrogen-bond acceptors (Lipinski definition) is 5. The topological polar surface area (TPSA) is 54.5 Å². The molecule has 0 aliphatic carbocycles. The van der Waals surface area contributed by atoms with Gasteiger partial charge in [-0.05, 0) is 40.5 Å². The summed E-state index contributed by atoms with van der Waals surface area (Å²) >= 11 is 1.67. The van der Waals surface area contributed by atoms with Crippen molar-refractivity contribution in [3.05, 3.63) is 11.1 Å². The second-order valence-electron chi connectivity index (χ2n) is 6.16. The molecule has 2 rings (SSSR count). The van der Waals surface area contributed by atoms with Crippen LogP contribution in [0.1, 0.15) is 38.5 Å². The molecule has 0 radical (unpaired) electrons. The molecule has 2 heterocycles. The molecule has 1 amide bonds. The Morgan fingerprint density at radius 2 is 2.10 bits per heavy atom. The summed E-state index contributed by atoms with van der Waals surface area (Å²) in [6, 6.07) is 0.388. The minimum atomic E-state index is -0.426. The summed E-state index contributed by atoms with van der Waals surface area (Å²) in [5.74, 6) is 0. The van der Waals surface area contributed by atoms with Crippen molar-refractivity contribution in [2.45, 2.75) is 52.2 Å². The van der Waals surface area contributed by atoms with E-state index in [2.05, 4.69) is 10.3 Å². The molecule has 0 unspecified atom stereocenters. The second-order valence-corrected chi connectivity index (χ2v) is 7.40. The summed E-state index contributed by atoms with van der Waals surface area (Å²) in [7, 11) is 0. The first-order valence-corrected chi connectivity index (χ1v) is 7.82. The third-order valence-electron chi connectivity index (χ3n) is 3.10. The zero-order chi connectivity index (χ0) is 14.8. The zero-order valence-corrected chi connectivity index (χ0v) is 13.4. The highest BCUT2D eigenvalue weighted by molar-refractivity contribution is 7.15. The van der Waals surface area contributed by atoms with Crippen LogP contribution in [0.2, 0.25) is 0 Å². The number of nitrogens with one attached hydrogen (secondary N) is 1. The Morgan fingerprint density at radius 3 is 2.60 bits per heavy atom. The maximum absolute atomic E-state index is 12.0. The molecular formula is C14H23N3O2S. The van der Waals surface area contributed by atoms with Gasteiger partial charge in [0.2, 0.25) is 0 Å². The standard InChI is InChI=1S/C14H23N3O2S/c1-10-9-15-12(20-10)16-11-5-7-17(8-6-11)13(18)19-14(2,3)4/h9,11H,5-8H2,1-4H3,(H,15,16). The van der Waals surface area contributed by atoms with Gasteiger partial charge in [-0.3, -0.25) is 0 Å². The molecule has 1 aromatic rings. The quantitative estimate of drug-likeness (QED) is 0.910. The van der Waals surface area contributed by atoms with Crippen molar-refractivity contribution in [3.8, 4) is 0 Å². The van der Waals surface area contributed by atoms with Gasteiger partial charge in [-0.25, -0.2) is 9.78 Å². The summed E-state index contributed by atoms with van der Waals surface area (Å²) < 4.78 is 5.39. The number of carbonyl (C=O) groups is 1. The largest absolute Gasteiger partial charge is 0.444 e. The molecule has 1 aliphatic rings. The molecule has 1 aromatic heterocycles. The van der Waals surface area contributed by atoms with Crippen molar-refractivity contribution in [1.82, 2.24) is 9.88 Å². The van der Waals surface area contributed by atoms with Gasteiger partial charge in [0.05, 0.1) is 0 Å². The van der Waals surface area contributed by atoms with Crippen molar-refractivity contribution in [3.63, 3.8) is 0 Å². The fourth-order valence-corrected chi connectivity index (χ4v) is 2.87. The zero-order valence-electron chi connectivity index (χ0n) is 12.6. The van der Waals surface area contributed by atoms with Crippen LogP contribution in [0, 0.1) is 6.92 Å². The number of nitrogens with zero attached hydrogens (tertiary/aromatic N) is 2. The van der Waals surface area contributed by atoms with E-state index in [0.717, 1.165) is 31.1 Å². The van der Waals surface area contributed by atoms with E-state index in [-0.39, 0.29) is 6.09 Å². The summed E-state index contributed by atoms with van der Waals surface area (Å²) in [6.07, 6.45) is 3.53. The number of carbonyl (C=O) groups excluding carboxylic acids is 1. The minimum absolute atomic E-state index is 0.207. The van der Waals surface area contributed by atoms with Crippen molar-refractivity contribution in [1.29, 1.82) is 0 Å². The number of hydrogen-bond donors (Lipinski definition) is 1. The molecular weight excluding hydrogens is 274 g/mol. The average Bonchev–Trinajstić information content (AvgIpc) is 2.73. The number of ether oxygens (including phenoxy) is 1. The Kier molecular flexibility index (Phi) is 4.52. The molecule has 0 bridgehead atoms. The second kappa shape index (κ2) is 5.99. The SMILES string of the molecule is Cc1cnc(NC2CCN(C(=O)OC(C)(C)C)CC2)s1. The number of amides is 1. The Bertz CT molecular complexity index is 459. The molecule has 0 aromatic carbocycles. The lowest BCUT2D eigenvalue weighted by Gasteiger charge is -2.33. The number of piperidine rings is 1. The van der Waals surface area contributed by atoms with Crippen LogP contribution >= 0.6 is 11.3 Å². The maximum Gasteiger partial charge on any atom is 0.410 e. The predicted octanol–water partition coefficient (Wildman–Crippen LogP) is 3.26. The van der Waals surface area contributed by atoms with Crippen molar-refractivity contribution < 1.29 is 9.53 Å². The number of aryl methyl sites for hydroxylation is 1. The third-order valence-corrected chi connectivity index (χ3v) is 3.94. The first kappa shape index (κ1) is 15.1. The normalized spacial score (nSPS) is 17.1. The lowest BCUT2D eigenvalue weighted by atomic mass is 10.1. The van der Waals surface area contributed by atoms with Crippen molar-refractivity contribution in [2.75, 3.05) is 18.4 Å². The number of anilines is 1. The van der Waals surface area contributed by atoms with Gasteiger partial charge in [-0.15, -0.1) is 11.3 Å². The molecule has 0 saturated carbocycles. The van der Waals surface area contributed by atoms with Gasteiger partial charge in [0.25, 0.3) is 0 Å². The fourth-order valence-electron chi connectivity index (χ4n) is 2.13. The van der Waals surface area contributed by atoms with Gasteiger partial charge in [0.15, 0.2) is 5.13 Å². The highest BCUT2D eigenvalue weighted by Crippen LogP contribution is 2.22. The minimum Gasteiger partial charge on any atom is -0.444 e. The van der Waals surface area contributed by atoms with Crippen LogP contribution in [-0.2, 0) is 4.74 Å². The van der Waals surface area contributed by atoms with E-state index >= 15 is 0 Å². The summed E-state index contributed by atoms with van der Waals surface area (Å²) in [5, 5.41) is 4.41. The van der Waals surface area contributed by atoms with Crippen LogP contribution in [0.3, 0.4) is 0 Å². The molecule has 1 aliphatic heterocycles. The molecule has 6 heteroatoms. The Hall–Kier alpha value is -1.30. The molecule has 112 valence electrons. The van der Waals surface area contributed by atoms with Crippen LogP contribution < -0.4 is 5.32 Å². The van der Waals surface area contributed by atoms with E-state index in [1.165, 1.54) is 4.88 Å². The van der Waals surface area contributed by atoms with E-state index in [0.29, 0.717) is 6.04 Å². The monoisotopic (exact) mass is 297 g/mol. The van der Waals surface area contributed by atoms with E-state index < -0.39 is 5.60 Å². The van der Waals surface area contributed by atoms with Gasteiger partial charge >= 0.3 is 6.09 Å². The lowest BCUT2D eigenvalue weighted by Crippen LogP contribution is -2.44. The van der Waals surface area contributed by atoms with E-state index in [9.17, 15) is 4.79 Å². The van der Waals surface area contributed by atoms with Crippen LogP contribution in [0.15, 0.2) is 6.20 Å². The van der Waals surface area contributed by atoms with Crippen molar-refractivity contribution in [2.24, 2.45) is 0 Å². The Balaban J connectivity index is 1.79. The molecule has 1 N–H and O–H groups in total. The van der Waals surface area contributed by atoms with Crippen LogP contribution in [0.25, 0.3) is 0 Å². The average molecular weight is 297 g/mol. The van der Waals surface area contributed by atoms with E-state index in [1.807, 2.05) is 33.9 Å². The Labute approximate surface area is 124 Å². The molecule has 20 heavy (non-hydrogen) atoms. The van der Waals surface area contributed by atoms with Gasteiger partial charge in [-0.1, -0.05) is 0 Å². The third kappa shape index (κ3) is 4.37. The lowest BCUT2D eigenvalue weighted by molar-refractivity contribution is 0.0210. The van der Waals surface area contributed by atoms with E-state index in [4.69, 9.17) is 4.74 Å². The first-order valence-electron chi connectivity index (χ1n) is 7.00. The van der Waals surface area contributed by atoms with E-state index in [1.54, 1.807) is 16.2 Å². The van der Waals surface area contributed by atoms with Crippen LogP contribution in [0.5, 0.6) is 0 Å². The smallest absolute Gasteiger partial charge is 0.410 e. The molecule has 1 saturated heterocycles. The highest BCUT2D eigenvalue weighted by Gasteiger charge is 2.26. The molecule has 0 atom stereocenters. The fraction of sp³-hybridized carbons (Fsp3) is 0.714. The van der Waals surface area contributed by atoms with Crippen LogP contribution in [0.4, 0.5) is 9.93 Å². The van der Waals surface area contributed by atoms with Gasteiger partial charge in [0, 0.05) is 30.2 Å². The Morgan fingerprint density at radius 1 is 1.45 bits per heavy atom. The summed E-state index contributed by atoms with van der Waals surface area (Å²) in [6.45, 7) is 9.19. The summed E-state index contributed by atoms with van der Waals surface area (Å²) in [4.78, 5) is 19.3. The van der Waals surface area contributed by atoms with Crippen molar-refractivity contribution >= 4 is 22.6 Å². The molecule has 0 spiro atoms. The predicted molar refractivity (Wildman–Crippen MR) is 81.3 cm³/mol. The van der Waals surface area contributed by atoms with Gasteiger partial charge in [-0.2, -0.15) is 0 Å².